The van der Waals surface area contributed by atoms with Gasteiger partial charge in [-0.25, -0.2) is 4.39 Å². The monoisotopic (exact) mass is 575 g/mol. The number of aryl methyl sites for hydroxylation is 3. The second-order valence-electron chi connectivity index (χ2n) is 10.6. The maximum absolute atomic E-state index is 14.8. The first kappa shape index (κ1) is 30.7. The normalized spacial score (nSPS) is 16.7. The van der Waals surface area contributed by atoms with Crippen LogP contribution in [0, 0.1) is 26.6 Å². The van der Waals surface area contributed by atoms with Gasteiger partial charge in [0, 0.05) is 41.5 Å². The fourth-order valence-electron chi connectivity index (χ4n) is 5.88. The summed E-state index contributed by atoms with van der Waals surface area (Å²) < 4.78 is 21.1. The van der Waals surface area contributed by atoms with Crippen LogP contribution in [0.15, 0.2) is 48.7 Å². The molecule has 1 aliphatic carbocycles. The number of methoxy groups -OCH3 is 1. The van der Waals surface area contributed by atoms with Gasteiger partial charge in [-0.15, -0.1) is 11.3 Å². The first-order valence-corrected chi connectivity index (χ1v) is 15.4. The zero-order chi connectivity index (χ0) is 29.7. The van der Waals surface area contributed by atoms with E-state index in [1.807, 2.05) is 71.0 Å². The van der Waals surface area contributed by atoms with E-state index >= 15 is 0 Å². The summed E-state index contributed by atoms with van der Waals surface area (Å²) >= 11 is 1.28. The van der Waals surface area contributed by atoms with Crippen molar-refractivity contribution < 1.29 is 13.9 Å². The van der Waals surface area contributed by atoms with Crippen LogP contribution in [0.5, 0.6) is 5.75 Å². The standard InChI is InChI=1S/C32H36FN3O2S.C2H6/c1-19-6-12-27(33)31-29(19)21(3)30(39-31)32(37)36(26-10-8-25(34-4)9-11-26)18-24-17-22(7-13-28(24)38-5)23-14-15-35-20(2)16-23;1-2/h6-7,12-17,25-26,34H,8-11,18H2,1-5H3;1-2H3. The zero-order valence-electron chi connectivity index (χ0n) is 25.3. The van der Waals surface area contributed by atoms with Crippen molar-refractivity contribution in [2.75, 3.05) is 14.2 Å². The number of rotatable bonds is 7. The van der Waals surface area contributed by atoms with Crippen LogP contribution in [-0.4, -0.2) is 42.0 Å². The molecule has 41 heavy (non-hydrogen) atoms. The van der Waals surface area contributed by atoms with Gasteiger partial charge in [-0.2, -0.15) is 0 Å². The number of fused-ring (bicyclic) bond motifs is 1. The smallest absolute Gasteiger partial charge is 0.264 e. The summed E-state index contributed by atoms with van der Waals surface area (Å²) in [6.07, 6.45) is 5.67. The van der Waals surface area contributed by atoms with Gasteiger partial charge in [0.2, 0.25) is 0 Å². The lowest BCUT2D eigenvalue weighted by molar-refractivity contribution is 0.0604. The number of halogens is 1. The van der Waals surface area contributed by atoms with Gasteiger partial charge in [0.05, 0.1) is 16.7 Å². The highest BCUT2D eigenvalue weighted by Crippen LogP contribution is 2.38. The molecule has 1 saturated carbocycles. The molecule has 0 saturated heterocycles. The lowest BCUT2D eigenvalue weighted by Gasteiger charge is -2.37. The predicted octanol–water partition coefficient (Wildman–Crippen LogP) is 8.24. The molecular formula is C34H42FN3O2S. The average molecular weight is 576 g/mol. The van der Waals surface area contributed by atoms with Crippen molar-refractivity contribution in [2.24, 2.45) is 0 Å². The third-order valence-corrected chi connectivity index (χ3v) is 9.38. The summed E-state index contributed by atoms with van der Waals surface area (Å²) in [5.74, 6) is 0.444. The SMILES string of the molecule is CC.CNC1CCC(N(Cc2cc(-c3ccnc(C)c3)ccc2OC)C(=O)c2sc3c(F)ccc(C)c3c2C)CC1. The molecule has 5 nitrogen and oxygen atoms in total. The summed E-state index contributed by atoms with van der Waals surface area (Å²) in [5.41, 5.74) is 5.88. The van der Waals surface area contributed by atoms with Gasteiger partial charge >= 0.3 is 0 Å². The molecule has 2 aromatic heterocycles. The third-order valence-electron chi connectivity index (χ3n) is 8.09. The van der Waals surface area contributed by atoms with Gasteiger partial charge in [-0.1, -0.05) is 26.0 Å². The van der Waals surface area contributed by atoms with E-state index in [-0.39, 0.29) is 17.8 Å². The summed E-state index contributed by atoms with van der Waals surface area (Å²) in [5, 5.41) is 4.25. The third kappa shape index (κ3) is 6.47. The molecule has 7 heteroatoms. The highest BCUT2D eigenvalue weighted by Gasteiger charge is 2.32. The molecule has 0 radical (unpaired) electrons. The van der Waals surface area contributed by atoms with Gasteiger partial charge in [0.15, 0.2) is 0 Å². The summed E-state index contributed by atoms with van der Waals surface area (Å²) in [6.45, 7) is 10.3. The van der Waals surface area contributed by atoms with E-state index in [0.717, 1.165) is 70.3 Å². The molecule has 0 spiro atoms. The van der Waals surface area contributed by atoms with Crippen molar-refractivity contribution in [3.05, 3.63) is 81.7 Å². The van der Waals surface area contributed by atoms with Crippen LogP contribution in [0.3, 0.4) is 0 Å². The molecule has 0 aliphatic heterocycles. The van der Waals surface area contributed by atoms with E-state index in [4.69, 9.17) is 4.74 Å². The van der Waals surface area contributed by atoms with E-state index < -0.39 is 0 Å². The number of carbonyl (C=O) groups excluding carboxylic acids is 1. The first-order chi connectivity index (χ1) is 19.8. The number of benzene rings is 2. The van der Waals surface area contributed by atoms with E-state index in [0.29, 0.717) is 22.2 Å². The van der Waals surface area contributed by atoms with Crippen molar-refractivity contribution >= 4 is 27.3 Å². The van der Waals surface area contributed by atoms with Crippen LogP contribution >= 0.6 is 11.3 Å². The van der Waals surface area contributed by atoms with Crippen LogP contribution in [0.1, 0.15) is 71.6 Å². The summed E-state index contributed by atoms with van der Waals surface area (Å²) in [7, 11) is 3.67. The van der Waals surface area contributed by atoms with Gasteiger partial charge < -0.3 is 15.0 Å². The molecule has 2 aromatic carbocycles. The highest BCUT2D eigenvalue weighted by atomic mass is 32.1. The van der Waals surface area contributed by atoms with Crippen molar-refractivity contribution in [1.29, 1.82) is 0 Å². The Morgan fingerprint density at radius 3 is 2.39 bits per heavy atom. The Bertz CT molecular complexity index is 1510. The Morgan fingerprint density at radius 1 is 1.05 bits per heavy atom. The van der Waals surface area contributed by atoms with Crippen molar-refractivity contribution in [1.82, 2.24) is 15.2 Å². The molecule has 2 heterocycles. The first-order valence-electron chi connectivity index (χ1n) is 14.6. The maximum atomic E-state index is 14.8. The lowest BCUT2D eigenvalue weighted by atomic mass is 9.89. The van der Waals surface area contributed by atoms with Crippen LogP contribution in [0.25, 0.3) is 21.2 Å². The number of aromatic nitrogens is 1. The minimum Gasteiger partial charge on any atom is -0.496 e. The molecule has 5 rings (SSSR count). The number of carbonyl (C=O) groups is 1. The van der Waals surface area contributed by atoms with Crippen molar-refractivity contribution in [3.63, 3.8) is 0 Å². The molecular weight excluding hydrogens is 533 g/mol. The van der Waals surface area contributed by atoms with E-state index in [1.165, 1.54) is 17.4 Å². The van der Waals surface area contributed by atoms with Crippen LogP contribution in [0.4, 0.5) is 4.39 Å². The summed E-state index contributed by atoms with van der Waals surface area (Å²) in [4.78, 5) is 21.3. The number of hydrogen-bond donors (Lipinski definition) is 1. The quantitative estimate of drug-likeness (QED) is 0.241. The number of hydrogen-bond acceptors (Lipinski definition) is 5. The minimum absolute atomic E-state index is 0.0346. The largest absolute Gasteiger partial charge is 0.496 e. The highest BCUT2D eigenvalue weighted by molar-refractivity contribution is 7.21. The number of amides is 1. The molecule has 1 N–H and O–H groups in total. The van der Waals surface area contributed by atoms with Crippen molar-refractivity contribution in [2.45, 2.75) is 78.9 Å². The Balaban J connectivity index is 0.00000189. The van der Waals surface area contributed by atoms with Gasteiger partial charge in [0.1, 0.15) is 11.6 Å². The Hall–Kier alpha value is -3.29. The fourth-order valence-corrected chi connectivity index (χ4v) is 7.13. The van der Waals surface area contributed by atoms with Crippen LogP contribution < -0.4 is 10.1 Å². The number of nitrogens with zero attached hydrogens (tertiary/aromatic N) is 2. The van der Waals surface area contributed by atoms with Gasteiger partial charge in [-0.3, -0.25) is 9.78 Å². The van der Waals surface area contributed by atoms with Gasteiger partial charge in [-0.05, 0) is 106 Å². The second kappa shape index (κ2) is 13.6. The molecule has 1 amide bonds. The maximum Gasteiger partial charge on any atom is 0.264 e. The molecule has 0 atom stereocenters. The van der Waals surface area contributed by atoms with Crippen LogP contribution in [0.2, 0.25) is 0 Å². The predicted molar refractivity (Wildman–Crippen MR) is 169 cm³/mol. The van der Waals surface area contributed by atoms with E-state index in [2.05, 4.69) is 22.4 Å². The van der Waals surface area contributed by atoms with E-state index in [1.54, 1.807) is 13.2 Å². The Kier molecular flexibility index (Phi) is 10.2. The second-order valence-corrected chi connectivity index (χ2v) is 11.6. The molecule has 218 valence electrons. The van der Waals surface area contributed by atoms with Crippen LogP contribution in [-0.2, 0) is 6.54 Å². The molecule has 1 fully saturated rings. The minimum atomic E-state index is -0.272. The van der Waals surface area contributed by atoms with E-state index in [9.17, 15) is 9.18 Å². The average Bonchev–Trinajstić information content (AvgIpc) is 3.36. The van der Waals surface area contributed by atoms with Gasteiger partial charge in [0.25, 0.3) is 5.91 Å². The number of pyridine rings is 1. The lowest BCUT2D eigenvalue weighted by Crippen LogP contribution is -2.44. The summed E-state index contributed by atoms with van der Waals surface area (Å²) in [6, 6.07) is 14.0. The van der Waals surface area contributed by atoms with Crippen molar-refractivity contribution in [3.8, 4) is 16.9 Å². The Labute approximate surface area is 247 Å². The number of ether oxygens (including phenoxy) is 1. The Morgan fingerprint density at radius 2 is 1.76 bits per heavy atom. The molecule has 0 unspecified atom stereocenters. The fraction of sp³-hybridized carbons (Fsp3) is 0.412. The molecule has 1 aliphatic rings. The topological polar surface area (TPSA) is 54.5 Å². The zero-order valence-corrected chi connectivity index (χ0v) is 26.1. The number of nitrogens with one attached hydrogen (secondary N) is 1. The molecule has 4 aromatic rings. The molecule has 0 bridgehead atoms. The number of thiophene rings is 1.